The Balaban J connectivity index is 1.60. The molecule has 0 aliphatic carbocycles. The maximum absolute atomic E-state index is 13.9. The third-order valence-corrected chi connectivity index (χ3v) is 7.80. The number of alkyl halides is 3. The number of hydrogen-bond donors (Lipinski definition) is 0. The Morgan fingerprint density at radius 2 is 1.86 bits per heavy atom. The summed E-state index contributed by atoms with van der Waals surface area (Å²) in [4.78, 5) is 25.9. The molecule has 1 fully saturated rings. The zero-order valence-electron chi connectivity index (χ0n) is 23.8. The van der Waals surface area contributed by atoms with Crippen molar-refractivity contribution in [1.29, 1.82) is 5.26 Å². The van der Waals surface area contributed by atoms with Crippen molar-refractivity contribution in [1.82, 2.24) is 19.4 Å². The first kappa shape index (κ1) is 30.1. The third-order valence-electron chi connectivity index (χ3n) is 7.80. The summed E-state index contributed by atoms with van der Waals surface area (Å²) in [6.07, 6.45) is -3.73. The van der Waals surface area contributed by atoms with Gasteiger partial charge in [-0.2, -0.15) is 18.4 Å². The normalized spacial score (nSPS) is 18.5. The Kier molecular flexibility index (Phi) is 8.48. The van der Waals surface area contributed by atoms with Gasteiger partial charge in [0, 0.05) is 45.0 Å². The van der Waals surface area contributed by atoms with Gasteiger partial charge < -0.3 is 14.2 Å². The second kappa shape index (κ2) is 12.1. The van der Waals surface area contributed by atoms with Crippen LogP contribution in [0, 0.1) is 17.1 Å². The fourth-order valence-electron chi connectivity index (χ4n) is 5.62. The first-order valence-corrected chi connectivity index (χ1v) is 13.8. The van der Waals surface area contributed by atoms with Crippen molar-refractivity contribution in [2.24, 2.45) is 7.05 Å². The lowest BCUT2D eigenvalue weighted by atomic mass is 9.95. The first-order chi connectivity index (χ1) is 20.5. The largest absolute Gasteiger partial charge is 0.417 e. The van der Waals surface area contributed by atoms with Crippen LogP contribution in [-0.4, -0.2) is 57.8 Å². The van der Waals surface area contributed by atoms with Crippen molar-refractivity contribution in [3.8, 4) is 6.07 Å². The van der Waals surface area contributed by atoms with Crippen molar-refractivity contribution < 1.29 is 22.3 Å². The fourth-order valence-corrected chi connectivity index (χ4v) is 5.62. The number of piperazine rings is 1. The van der Waals surface area contributed by atoms with Crippen molar-refractivity contribution >= 4 is 16.7 Å². The van der Waals surface area contributed by atoms with Crippen molar-refractivity contribution in [3.63, 3.8) is 0 Å². The average Bonchev–Trinajstić information content (AvgIpc) is 2.99. The monoisotopic (exact) mass is 594 g/mol. The molecule has 0 saturated carbocycles. The molecule has 1 aliphatic heterocycles. The standard InChI is InChI=1S/C31H30F4N6O2/c1-4-43-18-24-17-40(27-13-28(42)39(3)26-12-10-23(14-36)38-29(26)27)19(2)16-41(24)30(20-5-8-22(32)9-6-20)25-11-7-21(15-37-25)31(33,34)35/h5-13,15,19,24,30H,4,16-18H2,1-3H3/t19-,24-,30?/m0/s1. The van der Waals surface area contributed by atoms with Crippen molar-refractivity contribution in [2.45, 2.75) is 38.1 Å². The van der Waals surface area contributed by atoms with Crippen LogP contribution < -0.4 is 10.5 Å². The van der Waals surface area contributed by atoms with Crippen molar-refractivity contribution in [3.05, 3.63) is 99.5 Å². The topological polar surface area (TPSA) is 87.3 Å². The number of aromatic nitrogens is 3. The number of rotatable bonds is 7. The lowest BCUT2D eigenvalue weighted by Crippen LogP contribution is -2.60. The molecule has 1 aliphatic rings. The second-order valence-corrected chi connectivity index (χ2v) is 10.5. The van der Waals surface area contributed by atoms with Crippen LogP contribution in [0.3, 0.4) is 0 Å². The fraction of sp³-hybridized carbons (Fsp3) is 0.355. The second-order valence-electron chi connectivity index (χ2n) is 10.5. The van der Waals surface area contributed by atoms with Gasteiger partial charge in [0.2, 0.25) is 0 Å². The number of aryl methyl sites for hydroxylation is 1. The molecule has 43 heavy (non-hydrogen) atoms. The zero-order chi connectivity index (χ0) is 30.9. The zero-order valence-corrected chi connectivity index (χ0v) is 23.8. The number of nitriles is 1. The third kappa shape index (κ3) is 6.09. The Hall–Kier alpha value is -4.34. The quantitative estimate of drug-likeness (QED) is 0.277. The molecule has 3 atom stereocenters. The van der Waals surface area contributed by atoms with Gasteiger partial charge >= 0.3 is 6.18 Å². The van der Waals surface area contributed by atoms with Crippen LogP contribution in [-0.2, 0) is 18.0 Å². The summed E-state index contributed by atoms with van der Waals surface area (Å²) < 4.78 is 61.3. The van der Waals surface area contributed by atoms with Gasteiger partial charge in [0.05, 0.1) is 41.2 Å². The molecule has 0 N–H and O–H groups in total. The Labute approximate surface area is 245 Å². The van der Waals surface area contributed by atoms with Crippen LogP contribution in [0.15, 0.2) is 65.6 Å². The number of fused-ring (bicyclic) bond motifs is 1. The minimum absolute atomic E-state index is 0.210. The number of halogens is 4. The molecular weight excluding hydrogens is 564 g/mol. The number of ether oxygens (including phenoxy) is 1. The van der Waals surface area contributed by atoms with Crippen LogP contribution in [0.2, 0.25) is 0 Å². The Bertz CT molecular complexity index is 1700. The highest BCUT2D eigenvalue weighted by atomic mass is 19.4. The van der Waals surface area contributed by atoms with Crippen LogP contribution in [0.4, 0.5) is 23.2 Å². The summed E-state index contributed by atoms with van der Waals surface area (Å²) in [5.74, 6) is -0.436. The highest BCUT2D eigenvalue weighted by molar-refractivity contribution is 5.89. The van der Waals surface area contributed by atoms with Gasteiger partial charge in [0.15, 0.2) is 0 Å². The lowest BCUT2D eigenvalue weighted by Gasteiger charge is -2.49. The highest BCUT2D eigenvalue weighted by Crippen LogP contribution is 2.37. The van der Waals surface area contributed by atoms with E-state index in [9.17, 15) is 27.6 Å². The molecule has 12 heteroatoms. The summed E-state index contributed by atoms with van der Waals surface area (Å²) in [5, 5.41) is 9.49. The van der Waals surface area contributed by atoms with E-state index in [2.05, 4.69) is 25.8 Å². The van der Waals surface area contributed by atoms with Crippen LogP contribution >= 0.6 is 0 Å². The van der Waals surface area contributed by atoms with E-state index < -0.39 is 23.6 Å². The van der Waals surface area contributed by atoms with Gasteiger partial charge in [-0.05, 0) is 55.8 Å². The number of pyridine rings is 3. The SMILES string of the molecule is CCOC[C@@H]1CN(c2cc(=O)n(C)c3ccc(C#N)nc23)[C@@H](C)CN1C(c1ccc(F)cc1)c1ccc(C(F)(F)F)cn1. The van der Waals surface area contributed by atoms with Gasteiger partial charge in [-0.15, -0.1) is 0 Å². The molecule has 1 saturated heterocycles. The smallest absolute Gasteiger partial charge is 0.380 e. The van der Waals surface area contributed by atoms with Gasteiger partial charge in [-0.3, -0.25) is 14.7 Å². The minimum atomic E-state index is -4.54. The molecule has 8 nitrogen and oxygen atoms in total. The summed E-state index contributed by atoms with van der Waals surface area (Å²) in [7, 11) is 1.64. The molecule has 0 amide bonds. The van der Waals surface area contributed by atoms with E-state index in [-0.39, 0.29) is 29.9 Å². The molecular formula is C31H30F4N6O2. The molecule has 0 spiro atoms. The molecule has 3 aromatic heterocycles. The van der Waals surface area contributed by atoms with E-state index in [0.717, 1.165) is 12.3 Å². The van der Waals surface area contributed by atoms with E-state index in [1.165, 1.54) is 28.8 Å². The Morgan fingerprint density at radius 1 is 1.12 bits per heavy atom. The van der Waals surface area contributed by atoms with Crippen LogP contribution in [0.1, 0.15) is 42.4 Å². The number of anilines is 1. The Morgan fingerprint density at radius 3 is 2.49 bits per heavy atom. The van der Waals surface area contributed by atoms with E-state index >= 15 is 0 Å². The number of nitrogens with zero attached hydrogens (tertiary/aromatic N) is 6. The van der Waals surface area contributed by atoms with Gasteiger partial charge in [-0.1, -0.05) is 12.1 Å². The molecule has 5 rings (SSSR count). The van der Waals surface area contributed by atoms with Gasteiger partial charge in [-0.25, -0.2) is 9.37 Å². The predicted octanol–water partition coefficient (Wildman–Crippen LogP) is 5.06. The molecule has 0 bridgehead atoms. The van der Waals surface area contributed by atoms with Crippen LogP contribution in [0.25, 0.3) is 11.0 Å². The highest BCUT2D eigenvalue weighted by Gasteiger charge is 2.39. The summed E-state index contributed by atoms with van der Waals surface area (Å²) in [5.41, 5.74) is 1.83. The minimum Gasteiger partial charge on any atom is -0.380 e. The molecule has 1 unspecified atom stereocenters. The van der Waals surface area contributed by atoms with Crippen LogP contribution in [0.5, 0.6) is 0 Å². The maximum atomic E-state index is 13.9. The predicted molar refractivity (Wildman–Crippen MR) is 153 cm³/mol. The number of hydrogen-bond acceptors (Lipinski definition) is 7. The summed E-state index contributed by atoms with van der Waals surface area (Å²) >= 11 is 0. The van der Waals surface area contributed by atoms with E-state index in [1.54, 1.807) is 31.3 Å². The molecule has 4 aromatic rings. The lowest BCUT2D eigenvalue weighted by molar-refractivity contribution is -0.137. The summed E-state index contributed by atoms with van der Waals surface area (Å²) in [6.45, 7) is 5.32. The van der Waals surface area contributed by atoms with E-state index in [1.807, 2.05) is 13.8 Å². The molecule has 224 valence electrons. The van der Waals surface area contributed by atoms with Gasteiger partial charge in [0.1, 0.15) is 23.1 Å². The number of benzene rings is 1. The van der Waals surface area contributed by atoms with E-state index in [0.29, 0.717) is 47.7 Å². The van der Waals surface area contributed by atoms with Gasteiger partial charge in [0.25, 0.3) is 5.56 Å². The van der Waals surface area contributed by atoms with E-state index in [4.69, 9.17) is 4.74 Å². The first-order valence-electron chi connectivity index (χ1n) is 13.8. The van der Waals surface area contributed by atoms with Crippen molar-refractivity contribution in [2.75, 3.05) is 31.2 Å². The summed E-state index contributed by atoms with van der Waals surface area (Å²) in [6, 6.07) is 13.9. The average molecular weight is 595 g/mol. The molecule has 4 heterocycles. The molecule has 1 aromatic carbocycles. The maximum Gasteiger partial charge on any atom is 0.417 e. The molecule has 0 radical (unpaired) electrons.